The summed E-state index contributed by atoms with van der Waals surface area (Å²) in [6, 6.07) is 3.34. The summed E-state index contributed by atoms with van der Waals surface area (Å²) in [5.74, 6) is -0.893. The van der Waals surface area contributed by atoms with Gasteiger partial charge in [-0.15, -0.1) is 5.10 Å². The van der Waals surface area contributed by atoms with Crippen LogP contribution in [0.1, 0.15) is 12.0 Å². The van der Waals surface area contributed by atoms with E-state index < -0.39 is 17.1 Å². The van der Waals surface area contributed by atoms with Crippen LogP contribution in [0.25, 0.3) is 0 Å². The normalized spacial score (nSPS) is 19.3. The SMILES string of the molecule is COc1c(Br)cc(Cl)cc1C=NN=C1NC(=O)C(CC(=O)O)S1. The zero-order valence-electron chi connectivity index (χ0n) is 11.7. The second-order valence-corrected chi connectivity index (χ2v) is 6.84. The average molecular weight is 421 g/mol. The average Bonchev–Trinajstić information content (AvgIpc) is 2.78. The van der Waals surface area contributed by atoms with Crippen LogP contribution in [0.3, 0.4) is 0 Å². The minimum absolute atomic E-state index is 0.248. The number of hydrogen-bond acceptors (Lipinski definition) is 6. The van der Waals surface area contributed by atoms with Crippen molar-refractivity contribution in [2.24, 2.45) is 10.2 Å². The molecule has 2 rings (SSSR count). The van der Waals surface area contributed by atoms with E-state index >= 15 is 0 Å². The number of amidine groups is 1. The van der Waals surface area contributed by atoms with Gasteiger partial charge in [-0.2, -0.15) is 5.10 Å². The van der Waals surface area contributed by atoms with Crippen molar-refractivity contribution in [1.82, 2.24) is 5.32 Å². The molecule has 0 radical (unpaired) electrons. The van der Waals surface area contributed by atoms with Gasteiger partial charge in [0.2, 0.25) is 5.91 Å². The lowest BCUT2D eigenvalue weighted by atomic mass is 10.2. The number of carboxylic acids is 1. The van der Waals surface area contributed by atoms with Crippen molar-refractivity contribution in [1.29, 1.82) is 0 Å². The zero-order valence-corrected chi connectivity index (χ0v) is 14.9. The summed E-state index contributed by atoms with van der Waals surface area (Å²) in [6.07, 6.45) is 1.16. The maximum atomic E-state index is 11.6. The number of rotatable bonds is 5. The van der Waals surface area contributed by atoms with Crippen LogP contribution < -0.4 is 10.1 Å². The van der Waals surface area contributed by atoms with Crippen LogP contribution in [-0.4, -0.2) is 40.7 Å². The first-order valence-corrected chi connectivity index (χ1v) is 8.29. The molecule has 7 nitrogen and oxygen atoms in total. The largest absolute Gasteiger partial charge is 0.495 e. The Kier molecular flexibility index (Phi) is 6.03. The highest BCUT2D eigenvalue weighted by atomic mass is 79.9. The number of nitrogens with one attached hydrogen (secondary N) is 1. The Hall–Kier alpha value is -1.58. The van der Waals surface area contributed by atoms with E-state index in [1.54, 1.807) is 12.1 Å². The van der Waals surface area contributed by atoms with Crippen LogP contribution in [0, 0.1) is 0 Å². The van der Waals surface area contributed by atoms with E-state index in [9.17, 15) is 9.59 Å². The molecule has 1 unspecified atom stereocenters. The number of carbonyl (C=O) groups is 2. The summed E-state index contributed by atoms with van der Waals surface area (Å²) in [5, 5.41) is 19.0. The van der Waals surface area contributed by atoms with Crippen LogP contribution >= 0.6 is 39.3 Å². The summed E-state index contributed by atoms with van der Waals surface area (Å²) >= 11 is 10.3. The van der Waals surface area contributed by atoms with E-state index in [4.69, 9.17) is 21.4 Å². The highest BCUT2D eigenvalue weighted by Gasteiger charge is 2.32. The van der Waals surface area contributed by atoms with Gasteiger partial charge in [-0.05, 0) is 28.1 Å². The second-order valence-electron chi connectivity index (χ2n) is 4.35. The Bertz CT molecular complexity index is 711. The van der Waals surface area contributed by atoms with Gasteiger partial charge in [0, 0.05) is 10.6 Å². The van der Waals surface area contributed by atoms with Crippen LogP contribution in [0.4, 0.5) is 0 Å². The summed E-state index contributed by atoms with van der Waals surface area (Å²) in [7, 11) is 1.51. The molecule has 0 spiro atoms. The maximum Gasteiger partial charge on any atom is 0.305 e. The van der Waals surface area contributed by atoms with Gasteiger partial charge in [0.15, 0.2) is 5.17 Å². The molecular weight excluding hydrogens is 410 g/mol. The molecule has 0 saturated carbocycles. The van der Waals surface area contributed by atoms with Gasteiger partial charge >= 0.3 is 5.97 Å². The fourth-order valence-electron chi connectivity index (χ4n) is 1.78. The summed E-state index contributed by atoms with van der Waals surface area (Å²) in [4.78, 5) is 22.2. The number of aliphatic carboxylic acids is 1. The summed E-state index contributed by atoms with van der Waals surface area (Å²) in [6.45, 7) is 0. The number of amides is 1. The Morgan fingerprint density at radius 2 is 2.35 bits per heavy atom. The first-order chi connectivity index (χ1) is 10.9. The standard InChI is InChI=1S/C13H11BrClN3O4S/c1-22-11-6(2-7(15)3-8(11)14)5-16-18-13-17-12(21)9(23-13)4-10(19)20/h2-3,5,9H,4H2,1H3,(H,19,20)(H,17,18,21). The fraction of sp³-hybridized carbons (Fsp3) is 0.231. The molecule has 1 saturated heterocycles. The molecule has 23 heavy (non-hydrogen) atoms. The molecule has 0 bridgehead atoms. The van der Waals surface area contributed by atoms with E-state index in [1.165, 1.54) is 13.3 Å². The predicted molar refractivity (Wildman–Crippen MR) is 92.5 cm³/mol. The number of ether oxygens (including phenoxy) is 1. The minimum atomic E-state index is -1.05. The molecule has 1 amide bonds. The molecule has 1 fully saturated rings. The molecule has 10 heteroatoms. The molecule has 1 aliphatic heterocycles. The van der Waals surface area contributed by atoms with Crippen molar-refractivity contribution in [3.63, 3.8) is 0 Å². The van der Waals surface area contributed by atoms with Crippen LogP contribution in [-0.2, 0) is 9.59 Å². The third-order valence-electron chi connectivity index (χ3n) is 2.72. The first-order valence-electron chi connectivity index (χ1n) is 6.24. The third-order valence-corrected chi connectivity index (χ3v) is 4.60. The third kappa shape index (κ3) is 4.69. The Labute approximate surface area is 149 Å². The number of hydrogen-bond donors (Lipinski definition) is 2. The molecule has 0 aromatic heterocycles. The lowest BCUT2D eigenvalue weighted by Crippen LogP contribution is -2.26. The lowest BCUT2D eigenvalue weighted by molar-refractivity contribution is -0.138. The monoisotopic (exact) mass is 419 g/mol. The number of carboxylic acid groups (broad SMARTS) is 1. The van der Waals surface area contributed by atoms with E-state index in [2.05, 4.69) is 31.4 Å². The first kappa shape index (κ1) is 17.8. The van der Waals surface area contributed by atoms with Gasteiger partial charge in [-0.1, -0.05) is 23.4 Å². The Morgan fingerprint density at radius 1 is 1.61 bits per heavy atom. The molecule has 1 heterocycles. The zero-order chi connectivity index (χ0) is 17.0. The van der Waals surface area contributed by atoms with Crippen molar-refractivity contribution in [2.45, 2.75) is 11.7 Å². The highest BCUT2D eigenvalue weighted by molar-refractivity contribution is 9.10. The molecular formula is C13H11BrClN3O4S. The molecule has 1 aliphatic rings. The van der Waals surface area contributed by atoms with Crippen LogP contribution in [0.5, 0.6) is 5.75 Å². The number of thioether (sulfide) groups is 1. The van der Waals surface area contributed by atoms with Crippen molar-refractivity contribution < 1.29 is 19.4 Å². The second kappa shape index (κ2) is 7.80. The Balaban J connectivity index is 2.13. The van der Waals surface area contributed by atoms with E-state index in [0.717, 1.165) is 11.8 Å². The van der Waals surface area contributed by atoms with E-state index in [1.807, 2.05) is 0 Å². The van der Waals surface area contributed by atoms with Crippen LogP contribution in [0.2, 0.25) is 5.02 Å². The van der Waals surface area contributed by atoms with Gasteiger partial charge in [0.05, 0.1) is 24.2 Å². The molecule has 1 aromatic rings. The summed E-state index contributed by atoms with van der Waals surface area (Å²) in [5.41, 5.74) is 0.604. The van der Waals surface area contributed by atoms with Crippen LogP contribution in [0.15, 0.2) is 26.8 Å². The van der Waals surface area contributed by atoms with E-state index in [-0.39, 0.29) is 11.6 Å². The molecule has 1 aromatic carbocycles. The minimum Gasteiger partial charge on any atom is -0.495 e. The van der Waals surface area contributed by atoms with Gasteiger partial charge in [0.25, 0.3) is 0 Å². The Morgan fingerprint density at radius 3 is 3.00 bits per heavy atom. The summed E-state index contributed by atoms with van der Waals surface area (Å²) < 4.78 is 5.92. The topological polar surface area (TPSA) is 100 Å². The lowest BCUT2D eigenvalue weighted by Gasteiger charge is -2.07. The number of carbonyl (C=O) groups excluding carboxylic acids is 1. The number of methoxy groups -OCH3 is 1. The van der Waals surface area contributed by atoms with Gasteiger partial charge in [-0.3, -0.25) is 9.59 Å². The highest BCUT2D eigenvalue weighted by Crippen LogP contribution is 2.31. The maximum absolute atomic E-state index is 11.6. The van der Waals surface area contributed by atoms with Crippen molar-refractivity contribution in [3.05, 3.63) is 27.2 Å². The van der Waals surface area contributed by atoms with Crippen molar-refractivity contribution in [2.75, 3.05) is 7.11 Å². The van der Waals surface area contributed by atoms with Crippen molar-refractivity contribution in [3.8, 4) is 5.75 Å². The van der Waals surface area contributed by atoms with Gasteiger partial charge in [-0.25, -0.2) is 0 Å². The van der Waals surface area contributed by atoms with Gasteiger partial charge < -0.3 is 15.2 Å². The quantitative estimate of drug-likeness (QED) is 0.563. The molecule has 1 atom stereocenters. The molecule has 122 valence electrons. The van der Waals surface area contributed by atoms with Gasteiger partial charge in [0.1, 0.15) is 11.0 Å². The predicted octanol–water partition coefficient (Wildman–Crippen LogP) is 2.51. The number of benzene rings is 1. The number of halogens is 2. The van der Waals surface area contributed by atoms with Crippen molar-refractivity contribution >= 4 is 62.6 Å². The molecule has 2 N–H and O–H groups in total. The fourth-order valence-corrected chi connectivity index (χ4v) is 3.69. The number of nitrogens with zero attached hydrogens (tertiary/aromatic N) is 2. The van der Waals surface area contributed by atoms with E-state index in [0.29, 0.717) is 20.8 Å². The smallest absolute Gasteiger partial charge is 0.305 e. The molecule has 0 aliphatic carbocycles.